The van der Waals surface area contributed by atoms with Crippen LogP contribution in [0.4, 0.5) is 10.1 Å². The Morgan fingerprint density at radius 1 is 1.43 bits per heavy atom. The molecule has 2 aromatic rings. The van der Waals surface area contributed by atoms with Gasteiger partial charge in [0, 0.05) is 19.3 Å². The van der Waals surface area contributed by atoms with E-state index >= 15 is 0 Å². The number of hydrogen-bond acceptors (Lipinski definition) is 8. The molecule has 0 atom stereocenters. The van der Waals surface area contributed by atoms with Gasteiger partial charge in [-0.05, 0) is 36.2 Å². The third-order valence-corrected chi connectivity index (χ3v) is 4.58. The van der Waals surface area contributed by atoms with Crippen LogP contribution in [0.25, 0.3) is 0 Å². The number of ether oxygens (including phenoxy) is 1. The van der Waals surface area contributed by atoms with E-state index in [1.54, 1.807) is 6.19 Å². The van der Waals surface area contributed by atoms with Gasteiger partial charge in [-0.2, -0.15) is 5.26 Å². The molecule has 0 aliphatic carbocycles. The van der Waals surface area contributed by atoms with Crippen molar-refractivity contribution in [3.63, 3.8) is 0 Å². The number of guanidine groups is 1. The average molecular weight is 437 g/mol. The molecule has 2 heterocycles. The fraction of sp³-hybridized carbons (Fsp3) is 0.353. The summed E-state index contributed by atoms with van der Waals surface area (Å²) in [7, 11) is 0. The lowest BCUT2D eigenvalue weighted by Gasteiger charge is -2.24. The van der Waals surface area contributed by atoms with Crippen LogP contribution in [0.5, 0.6) is 0 Å². The lowest BCUT2D eigenvalue weighted by molar-refractivity contribution is 0.0822. The van der Waals surface area contributed by atoms with Gasteiger partial charge in [0.2, 0.25) is 12.2 Å². The zero-order valence-electron chi connectivity index (χ0n) is 15.6. The predicted molar refractivity (Wildman–Crippen MR) is 104 cm³/mol. The summed E-state index contributed by atoms with van der Waals surface area (Å²) in [5.74, 6) is -0.891. The molecule has 1 saturated heterocycles. The summed E-state index contributed by atoms with van der Waals surface area (Å²) in [6.45, 7) is 1.24. The van der Waals surface area contributed by atoms with Crippen LogP contribution in [0.2, 0.25) is 5.02 Å². The first-order valence-electron chi connectivity index (χ1n) is 8.89. The number of aliphatic imine (C=N–C) groups is 1. The molecule has 0 radical (unpaired) electrons. The SMILES string of the molecule is N#C/N=C(/NCc1nonc1C(=N)N(O)c1ccc(F)c(Cl)c1)NC1CCOCC1. The van der Waals surface area contributed by atoms with E-state index in [9.17, 15) is 9.60 Å². The first-order chi connectivity index (χ1) is 14.5. The smallest absolute Gasteiger partial charge is 0.209 e. The zero-order chi connectivity index (χ0) is 21.5. The first kappa shape index (κ1) is 21.4. The molecule has 1 aromatic carbocycles. The van der Waals surface area contributed by atoms with Gasteiger partial charge in [0.05, 0.1) is 17.3 Å². The number of hydroxylamine groups is 1. The van der Waals surface area contributed by atoms with Gasteiger partial charge in [0.25, 0.3) is 0 Å². The van der Waals surface area contributed by atoms with Crippen LogP contribution in [-0.4, -0.2) is 46.6 Å². The molecule has 1 aliphatic rings. The summed E-state index contributed by atoms with van der Waals surface area (Å²) in [5.41, 5.74) is 0.181. The highest BCUT2D eigenvalue weighted by atomic mass is 35.5. The number of aromatic nitrogens is 2. The summed E-state index contributed by atoms with van der Waals surface area (Å²) >= 11 is 5.72. The molecule has 0 saturated carbocycles. The third kappa shape index (κ3) is 5.20. The second-order valence-electron chi connectivity index (χ2n) is 6.26. The number of amidine groups is 1. The quantitative estimate of drug-likeness (QED) is 0.237. The standard InChI is InChI=1S/C17H18ClFN8O3/c18-12-7-11(1-2-13(12)19)27(28)16(21)15-14(25-30-26-15)8-22-17(23-9-20)24-10-3-5-29-6-4-10/h1-2,7,10,21,28H,3-6,8H2,(H2,22,23,24). The van der Waals surface area contributed by atoms with Gasteiger partial charge in [0.15, 0.2) is 11.5 Å². The van der Waals surface area contributed by atoms with Crippen molar-refractivity contribution in [1.29, 1.82) is 10.7 Å². The average Bonchev–Trinajstić information content (AvgIpc) is 3.22. The van der Waals surface area contributed by atoms with E-state index in [4.69, 9.17) is 31.6 Å². The van der Waals surface area contributed by atoms with Crippen LogP contribution in [0.15, 0.2) is 27.8 Å². The molecule has 4 N–H and O–H groups in total. The van der Waals surface area contributed by atoms with Crippen molar-refractivity contribution in [2.75, 3.05) is 18.3 Å². The van der Waals surface area contributed by atoms with Crippen molar-refractivity contribution in [3.05, 3.63) is 40.4 Å². The molecule has 13 heteroatoms. The molecule has 158 valence electrons. The Bertz CT molecular complexity index is 970. The van der Waals surface area contributed by atoms with Crippen LogP contribution in [-0.2, 0) is 11.3 Å². The van der Waals surface area contributed by atoms with Gasteiger partial charge in [-0.25, -0.2) is 14.1 Å². The molecule has 0 amide bonds. The largest absolute Gasteiger partial charge is 0.381 e. The monoisotopic (exact) mass is 436 g/mol. The second-order valence-corrected chi connectivity index (χ2v) is 6.67. The third-order valence-electron chi connectivity index (χ3n) is 4.29. The molecular weight excluding hydrogens is 419 g/mol. The molecule has 3 rings (SSSR count). The molecule has 1 aromatic heterocycles. The fourth-order valence-electron chi connectivity index (χ4n) is 2.72. The van der Waals surface area contributed by atoms with Gasteiger partial charge in [-0.3, -0.25) is 10.6 Å². The summed E-state index contributed by atoms with van der Waals surface area (Å²) in [5, 5.41) is 41.0. The van der Waals surface area contributed by atoms with Crippen molar-refractivity contribution in [2.45, 2.75) is 25.4 Å². The van der Waals surface area contributed by atoms with Gasteiger partial charge < -0.3 is 15.4 Å². The van der Waals surface area contributed by atoms with Gasteiger partial charge >= 0.3 is 0 Å². The number of nitrogens with one attached hydrogen (secondary N) is 3. The summed E-state index contributed by atoms with van der Waals surface area (Å²) in [6, 6.07) is 3.57. The van der Waals surface area contributed by atoms with E-state index in [0.717, 1.165) is 25.0 Å². The maximum atomic E-state index is 13.3. The van der Waals surface area contributed by atoms with Crippen molar-refractivity contribution in [1.82, 2.24) is 20.9 Å². The number of halogens is 2. The molecule has 0 bridgehead atoms. The molecule has 11 nitrogen and oxygen atoms in total. The molecule has 0 spiro atoms. The summed E-state index contributed by atoms with van der Waals surface area (Å²) in [4.78, 5) is 3.71. The number of anilines is 1. The Kier molecular flexibility index (Phi) is 7.12. The number of benzene rings is 1. The lowest BCUT2D eigenvalue weighted by atomic mass is 10.1. The van der Waals surface area contributed by atoms with Crippen LogP contribution < -0.4 is 15.7 Å². The van der Waals surface area contributed by atoms with Crippen molar-refractivity contribution in [2.24, 2.45) is 4.99 Å². The molecule has 1 fully saturated rings. The minimum atomic E-state index is -0.658. The zero-order valence-corrected chi connectivity index (χ0v) is 16.4. The Morgan fingerprint density at radius 3 is 2.90 bits per heavy atom. The van der Waals surface area contributed by atoms with Gasteiger partial charge in [-0.15, -0.1) is 4.99 Å². The number of rotatable bonds is 5. The Hall–Kier alpha value is -3.27. The topological polar surface area (TPSA) is 156 Å². The summed E-state index contributed by atoms with van der Waals surface area (Å²) < 4.78 is 23.3. The molecule has 30 heavy (non-hydrogen) atoms. The maximum Gasteiger partial charge on any atom is 0.209 e. The van der Waals surface area contributed by atoms with Crippen LogP contribution in [0.3, 0.4) is 0 Å². The number of hydrogen-bond donors (Lipinski definition) is 4. The molecule has 1 aliphatic heterocycles. The molecular formula is C17H18ClFN8O3. The highest BCUT2D eigenvalue weighted by Gasteiger charge is 2.22. The lowest BCUT2D eigenvalue weighted by Crippen LogP contribution is -2.45. The maximum absolute atomic E-state index is 13.3. The second kappa shape index (κ2) is 9.97. The van der Waals surface area contributed by atoms with Gasteiger partial charge in [-0.1, -0.05) is 16.8 Å². The predicted octanol–water partition coefficient (Wildman–Crippen LogP) is 1.78. The van der Waals surface area contributed by atoms with E-state index in [1.807, 2.05) is 0 Å². The van der Waals surface area contributed by atoms with Crippen molar-refractivity contribution < 1.29 is 19.0 Å². The van der Waals surface area contributed by atoms with E-state index < -0.39 is 11.7 Å². The Morgan fingerprint density at radius 2 is 2.20 bits per heavy atom. The highest BCUT2D eigenvalue weighted by Crippen LogP contribution is 2.23. The number of nitrogens with zero attached hydrogens (tertiary/aromatic N) is 5. The first-order valence-corrected chi connectivity index (χ1v) is 9.26. The number of nitriles is 1. The summed E-state index contributed by atoms with van der Waals surface area (Å²) in [6.07, 6.45) is 3.26. The van der Waals surface area contributed by atoms with E-state index in [-0.39, 0.29) is 40.6 Å². The van der Waals surface area contributed by atoms with E-state index in [1.165, 1.54) is 6.07 Å². The van der Waals surface area contributed by atoms with Crippen LogP contribution in [0.1, 0.15) is 24.2 Å². The van der Waals surface area contributed by atoms with Gasteiger partial charge in [0.1, 0.15) is 11.5 Å². The van der Waals surface area contributed by atoms with Crippen LogP contribution >= 0.6 is 11.6 Å². The normalized spacial score (nSPS) is 14.8. The molecule has 0 unspecified atom stereocenters. The van der Waals surface area contributed by atoms with Crippen molar-refractivity contribution in [3.8, 4) is 6.19 Å². The van der Waals surface area contributed by atoms with E-state index in [2.05, 4.69) is 25.9 Å². The Balaban J connectivity index is 1.67. The van der Waals surface area contributed by atoms with E-state index in [0.29, 0.717) is 18.3 Å². The van der Waals surface area contributed by atoms with Crippen molar-refractivity contribution >= 4 is 29.1 Å². The van der Waals surface area contributed by atoms with Crippen LogP contribution in [0, 0.1) is 22.7 Å². The minimum absolute atomic E-state index is 0.00988. The Labute approximate surface area is 175 Å². The fourth-order valence-corrected chi connectivity index (χ4v) is 2.90. The minimum Gasteiger partial charge on any atom is -0.381 e. The highest BCUT2D eigenvalue weighted by molar-refractivity contribution is 6.31.